The second-order valence-electron chi connectivity index (χ2n) is 4.67. The Labute approximate surface area is 125 Å². The number of hydrogen-bond acceptors (Lipinski definition) is 6. The van der Waals surface area contributed by atoms with E-state index in [4.69, 9.17) is 23.7 Å². The van der Waals surface area contributed by atoms with Crippen LogP contribution in [0.5, 0.6) is 17.2 Å². The summed E-state index contributed by atoms with van der Waals surface area (Å²) in [5, 5.41) is 3.27. The number of methoxy groups -OCH3 is 3. The Bertz CT molecular complexity index is 460. The number of likely N-dealkylation sites (N-methyl/N-ethyl adjacent to an activating group) is 1. The number of benzene rings is 1. The minimum absolute atomic E-state index is 0.0555. The zero-order valence-corrected chi connectivity index (χ0v) is 13.0. The fraction of sp³-hybridized carbons (Fsp3) is 0.600. The molecule has 21 heavy (non-hydrogen) atoms. The first-order valence-electron chi connectivity index (χ1n) is 6.92. The summed E-state index contributed by atoms with van der Waals surface area (Å²) >= 11 is 0. The van der Waals surface area contributed by atoms with Gasteiger partial charge in [-0.1, -0.05) is 0 Å². The van der Waals surface area contributed by atoms with Gasteiger partial charge in [0.15, 0.2) is 11.5 Å². The molecule has 1 heterocycles. The number of nitrogens with one attached hydrogen (secondary N) is 1. The van der Waals surface area contributed by atoms with Crippen molar-refractivity contribution >= 4 is 0 Å². The maximum atomic E-state index is 5.80. The van der Waals surface area contributed by atoms with Gasteiger partial charge in [0.1, 0.15) is 6.10 Å². The minimum atomic E-state index is -0.0734. The van der Waals surface area contributed by atoms with Crippen LogP contribution in [-0.4, -0.2) is 54.3 Å². The van der Waals surface area contributed by atoms with E-state index >= 15 is 0 Å². The summed E-state index contributed by atoms with van der Waals surface area (Å²) in [4.78, 5) is 0. The molecule has 1 aromatic carbocycles. The summed E-state index contributed by atoms with van der Waals surface area (Å²) in [5.74, 6) is 1.86. The third kappa shape index (κ3) is 3.23. The molecule has 118 valence electrons. The third-order valence-corrected chi connectivity index (χ3v) is 3.59. The van der Waals surface area contributed by atoms with Crippen molar-refractivity contribution < 1.29 is 23.7 Å². The van der Waals surface area contributed by atoms with E-state index in [2.05, 4.69) is 5.32 Å². The predicted octanol–water partition coefficient (Wildman–Crippen LogP) is 1.39. The Morgan fingerprint density at radius 3 is 2.38 bits per heavy atom. The number of rotatable bonds is 6. The summed E-state index contributed by atoms with van der Waals surface area (Å²) in [6, 6.07) is 3.77. The van der Waals surface area contributed by atoms with E-state index < -0.39 is 0 Å². The van der Waals surface area contributed by atoms with Gasteiger partial charge in [-0.15, -0.1) is 0 Å². The van der Waals surface area contributed by atoms with Crippen molar-refractivity contribution in [1.29, 1.82) is 0 Å². The quantitative estimate of drug-likeness (QED) is 0.856. The van der Waals surface area contributed by atoms with Gasteiger partial charge in [-0.2, -0.15) is 0 Å². The Hall–Kier alpha value is -1.50. The molecule has 6 heteroatoms. The first-order chi connectivity index (χ1) is 10.3. The average Bonchev–Trinajstić information content (AvgIpc) is 2.55. The Balaban J connectivity index is 2.40. The molecule has 0 bridgehead atoms. The number of ether oxygens (including phenoxy) is 5. The highest BCUT2D eigenvalue weighted by Crippen LogP contribution is 2.43. The highest BCUT2D eigenvalue weighted by Gasteiger charge is 2.30. The van der Waals surface area contributed by atoms with E-state index in [9.17, 15) is 0 Å². The summed E-state index contributed by atoms with van der Waals surface area (Å²) in [6.45, 7) is 1.78. The van der Waals surface area contributed by atoms with Crippen LogP contribution < -0.4 is 19.5 Å². The van der Waals surface area contributed by atoms with E-state index in [1.165, 1.54) is 0 Å². The van der Waals surface area contributed by atoms with Crippen molar-refractivity contribution in [2.75, 3.05) is 48.2 Å². The first kappa shape index (κ1) is 15.9. The van der Waals surface area contributed by atoms with Crippen molar-refractivity contribution in [1.82, 2.24) is 5.32 Å². The minimum Gasteiger partial charge on any atom is -0.493 e. The standard InChI is InChI=1S/C15H23NO5/c1-16-13(12-9-20-7-8-21-12)10-5-6-11(17-2)15(19-4)14(10)18-3/h5-6,12-13,16H,7-9H2,1-4H3. The molecule has 2 atom stereocenters. The van der Waals surface area contributed by atoms with Gasteiger partial charge in [0.05, 0.1) is 47.2 Å². The lowest BCUT2D eigenvalue weighted by atomic mass is 9.99. The summed E-state index contributed by atoms with van der Waals surface area (Å²) < 4.78 is 27.6. The van der Waals surface area contributed by atoms with Crippen LogP contribution in [0.25, 0.3) is 0 Å². The molecule has 1 saturated heterocycles. The second-order valence-corrected chi connectivity index (χ2v) is 4.67. The maximum Gasteiger partial charge on any atom is 0.203 e. The number of hydrogen-bond donors (Lipinski definition) is 1. The Morgan fingerprint density at radius 1 is 1.10 bits per heavy atom. The van der Waals surface area contributed by atoms with Gasteiger partial charge in [0, 0.05) is 5.56 Å². The molecule has 0 aliphatic carbocycles. The Morgan fingerprint density at radius 2 is 1.86 bits per heavy atom. The van der Waals surface area contributed by atoms with Gasteiger partial charge in [-0.25, -0.2) is 0 Å². The van der Waals surface area contributed by atoms with Crippen molar-refractivity contribution in [2.45, 2.75) is 12.1 Å². The molecule has 1 aliphatic rings. The molecular weight excluding hydrogens is 274 g/mol. The topological polar surface area (TPSA) is 58.2 Å². The molecular formula is C15H23NO5. The molecule has 2 rings (SSSR count). The van der Waals surface area contributed by atoms with Crippen LogP contribution in [0.4, 0.5) is 0 Å². The van der Waals surface area contributed by atoms with E-state index in [0.29, 0.717) is 37.1 Å². The molecule has 0 aromatic heterocycles. The monoisotopic (exact) mass is 297 g/mol. The second kappa shape index (κ2) is 7.49. The van der Waals surface area contributed by atoms with Crippen LogP contribution in [0.1, 0.15) is 11.6 Å². The summed E-state index contributed by atoms with van der Waals surface area (Å²) in [7, 11) is 6.70. The van der Waals surface area contributed by atoms with Crippen molar-refractivity contribution in [3.63, 3.8) is 0 Å². The highest BCUT2D eigenvalue weighted by molar-refractivity contribution is 5.57. The van der Waals surface area contributed by atoms with Crippen molar-refractivity contribution in [3.05, 3.63) is 17.7 Å². The van der Waals surface area contributed by atoms with Crippen molar-refractivity contribution in [3.8, 4) is 17.2 Å². The normalized spacial score (nSPS) is 19.9. The van der Waals surface area contributed by atoms with Crippen LogP contribution in [-0.2, 0) is 9.47 Å². The van der Waals surface area contributed by atoms with E-state index in [-0.39, 0.29) is 12.1 Å². The lowest BCUT2D eigenvalue weighted by Crippen LogP contribution is -2.39. The molecule has 1 N–H and O–H groups in total. The molecule has 1 aromatic rings. The summed E-state index contributed by atoms with van der Waals surface area (Å²) in [5.41, 5.74) is 0.952. The van der Waals surface area contributed by atoms with Crippen LogP contribution >= 0.6 is 0 Å². The molecule has 1 aliphatic heterocycles. The molecule has 0 saturated carbocycles. The van der Waals surface area contributed by atoms with E-state index in [1.807, 2.05) is 19.2 Å². The van der Waals surface area contributed by atoms with Crippen LogP contribution in [0.15, 0.2) is 12.1 Å². The first-order valence-corrected chi connectivity index (χ1v) is 6.92. The SMILES string of the molecule is CNC(c1ccc(OC)c(OC)c1OC)C1COCCO1. The van der Waals surface area contributed by atoms with Crippen molar-refractivity contribution in [2.24, 2.45) is 0 Å². The zero-order valence-electron chi connectivity index (χ0n) is 13.0. The predicted molar refractivity (Wildman–Crippen MR) is 78.5 cm³/mol. The zero-order chi connectivity index (χ0) is 15.2. The third-order valence-electron chi connectivity index (χ3n) is 3.59. The van der Waals surface area contributed by atoms with Gasteiger partial charge in [0.25, 0.3) is 0 Å². The van der Waals surface area contributed by atoms with Gasteiger partial charge < -0.3 is 29.0 Å². The molecule has 0 amide bonds. The van der Waals surface area contributed by atoms with Crippen LogP contribution in [0, 0.1) is 0 Å². The fourth-order valence-electron chi connectivity index (χ4n) is 2.61. The molecule has 1 fully saturated rings. The van der Waals surface area contributed by atoms with Crippen LogP contribution in [0.2, 0.25) is 0 Å². The van der Waals surface area contributed by atoms with Gasteiger partial charge >= 0.3 is 0 Å². The molecule has 0 spiro atoms. The van der Waals surface area contributed by atoms with E-state index in [1.54, 1.807) is 21.3 Å². The smallest absolute Gasteiger partial charge is 0.203 e. The van der Waals surface area contributed by atoms with Gasteiger partial charge in [0.2, 0.25) is 5.75 Å². The average molecular weight is 297 g/mol. The largest absolute Gasteiger partial charge is 0.493 e. The summed E-state index contributed by atoms with van der Waals surface area (Å²) in [6.07, 6.45) is -0.0734. The molecule has 6 nitrogen and oxygen atoms in total. The lowest BCUT2D eigenvalue weighted by Gasteiger charge is -2.31. The van der Waals surface area contributed by atoms with Crippen LogP contribution in [0.3, 0.4) is 0 Å². The Kier molecular flexibility index (Phi) is 5.67. The van der Waals surface area contributed by atoms with E-state index in [0.717, 1.165) is 5.56 Å². The van der Waals surface area contributed by atoms with Gasteiger partial charge in [-0.05, 0) is 19.2 Å². The molecule has 2 unspecified atom stereocenters. The maximum absolute atomic E-state index is 5.80. The lowest BCUT2D eigenvalue weighted by molar-refractivity contribution is -0.102. The fourth-order valence-corrected chi connectivity index (χ4v) is 2.61. The molecule has 0 radical (unpaired) electrons. The van der Waals surface area contributed by atoms with Gasteiger partial charge in [-0.3, -0.25) is 0 Å². The highest BCUT2D eigenvalue weighted by atomic mass is 16.6.